The van der Waals surface area contributed by atoms with E-state index in [0.717, 1.165) is 12.8 Å². The SMILES string of the molecule is COc1ccccc1O.OC1CCCCC1. The van der Waals surface area contributed by atoms with E-state index in [4.69, 9.17) is 14.9 Å². The van der Waals surface area contributed by atoms with Gasteiger partial charge < -0.3 is 14.9 Å². The van der Waals surface area contributed by atoms with Crippen LogP contribution in [0.1, 0.15) is 32.1 Å². The first kappa shape index (κ1) is 12.8. The summed E-state index contributed by atoms with van der Waals surface area (Å²) < 4.78 is 4.79. The first-order valence-corrected chi connectivity index (χ1v) is 5.74. The quantitative estimate of drug-likeness (QED) is 0.771. The lowest BCUT2D eigenvalue weighted by Crippen LogP contribution is -2.09. The van der Waals surface area contributed by atoms with Crippen LogP contribution in [0.5, 0.6) is 11.5 Å². The van der Waals surface area contributed by atoms with Gasteiger partial charge in [-0.25, -0.2) is 0 Å². The number of methoxy groups -OCH3 is 1. The Morgan fingerprint density at radius 1 is 1.12 bits per heavy atom. The number of benzene rings is 1. The van der Waals surface area contributed by atoms with E-state index in [1.807, 2.05) is 0 Å². The number of aliphatic hydroxyl groups is 1. The Hall–Kier alpha value is -1.22. The predicted molar refractivity (Wildman–Crippen MR) is 63.8 cm³/mol. The molecule has 0 atom stereocenters. The van der Waals surface area contributed by atoms with Crippen LogP contribution >= 0.6 is 0 Å². The van der Waals surface area contributed by atoms with Gasteiger partial charge in [-0.3, -0.25) is 0 Å². The molecule has 1 aromatic rings. The molecule has 0 spiro atoms. The zero-order valence-corrected chi connectivity index (χ0v) is 9.72. The van der Waals surface area contributed by atoms with Crippen molar-refractivity contribution in [2.24, 2.45) is 0 Å². The highest BCUT2D eigenvalue weighted by Crippen LogP contribution is 2.23. The highest BCUT2D eigenvalue weighted by molar-refractivity contribution is 5.37. The second-order valence-corrected chi connectivity index (χ2v) is 3.96. The summed E-state index contributed by atoms with van der Waals surface area (Å²) in [4.78, 5) is 0. The normalized spacial score (nSPS) is 16.1. The number of para-hydroxylation sites is 2. The van der Waals surface area contributed by atoms with Crippen molar-refractivity contribution in [3.8, 4) is 11.5 Å². The number of ether oxygens (including phenoxy) is 1. The molecule has 16 heavy (non-hydrogen) atoms. The molecule has 1 saturated carbocycles. The minimum atomic E-state index is 0.0359. The predicted octanol–water partition coefficient (Wildman–Crippen LogP) is 2.71. The first-order valence-electron chi connectivity index (χ1n) is 5.74. The lowest BCUT2D eigenvalue weighted by atomic mass is 9.98. The van der Waals surface area contributed by atoms with E-state index in [2.05, 4.69) is 0 Å². The number of phenols is 1. The van der Waals surface area contributed by atoms with E-state index in [1.54, 1.807) is 24.3 Å². The van der Waals surface area contributed by atoms with Crippen molar-refractivity contribution in [1.29, 1.82) is 0 Å². The molecule has 0 aliphatic heterocycles. The average Bonchev–Trinajstić information content (AvgIpc) is 2.31. The number of rotatable bonds is 1. The Morgan fingerprint density at radius 3 is 2.12 bits per heavy atom. The molecule has 0 bridgehead atoms. The molecule has 1 aliphatic rings. The second-order valence-electron chi connectivity index (χ2n) is 3.96. The Morgan fingerprint density at radius 2 is 1.75 bits per heavy atom. The molecule has 3 heteroatoms. The van der Waals surface area contributed by atoms with Crippen LogP contribution in [0.4, 0.5) is 0 Å². The summed E-state index contributed by atoms with van der Waals surface area (Å²) in [6, 6.07) is 6.84. The van der Waals surface area contributed by atoms with Crippen LogP contribution in [0.3, 0.4) is 0 Å². The van der Waals surface area contributed by atoms with Gasteiger partial charge in [0.1, 0.15) is 0 Å². The number of aliphatic hydroxyl groups excluding tert-OH is 1. The van der Waals surface area contributed by atoms with Crippen LogP contribution in [0.2, 0.25) is 0 Å². The zero-order chi connectivity index (χ0) is 11.8. The molecule has 2 rings (SSSR count). The fourth-order valence-corrected chi connectivity index (χ4v) is 1.71. The third kappa shape index (κ3) is 4.53. The number of hydrogen-bond acceptors (Lipinski definition) is 3. The van der Waals surface area contributed by atoms with Crippen molar-refractivity contribution in [1.82, 2.24) is 0 Å². The van der Waals surface area contributed by atoms with E-state index >= 15 is 0 Å². The molecule has 0 unspecified atom stereocenters. The minimum absolute atomic E-state index is 0.0359. The summed E-state index contributed by atoms with van der Waals surface area (Å²) in [5.74, 6) is 0.692. The highest BCUT2D eigenvalue weighted by Gasteiger charge is 2.07. The molecule has 1 fully saturated rings. The molecule has 0 radical (unpaired) electrons. The van der Waals surface area contributed by atoms with E-state index in [-0.39, 0.29) is 11.9 Å². The smallest absolute Gasteiger partial charge is 0.160 e. The topological polar surface area (TPSA) is 49.7 Å². The summed E-state index contributed by atoms with van der Waals surface area (Å²) >= 11 is 0. The number of hydrogen-bond donors (Lipinski definition) is 2. The maximum absolute atomic E-state index is 8.99. The fourth-order valence-electron chi connectivity index (χ4n) is 1.71. The molecular weight excluding hydrogens is 204 g/mol. The van der Waals surface area contributed by atoms with E-state index in [0.29, 0.717) is 5.75 Å². The van der Waals surface area contributed by atoms with E-state index in [9.17, 15) is 0 Å². The molecule has 0 amide bonds. The molecule has 2 N–H and O–H groups in total. The van der Waals surface area contributed by atoms with Gasteiger partial charge in [0.05, 0.1) is 13.2 Å². The molecule has 1 aliphatic carbocycles. The lowest BCUT2D eigenvalue weighted by molar-refractivity contribution is 0.130. The molecular formula is C13H20O3. The van der Waals surface area contributed by atoms with Gasteiger partial charge in [0, 0.05) is 0 Å². The zero-order valence-electron chi connectivity index (χ0n) is 9.72. The molecule has 1 aromatic carbocycles. The van der Waals surface area contributed by atoms with Crippen molar-refractivity contribution in [3.05, 3.63) is 24.3 Å². The maximum atomic E-state index is 8.99. The van der Waals surface area contributed by atoms with Gasteiger partial charge in [-0.05, 0) is 25.0 Å². The van der Waals surface area contributed by atoms with Crippen molar-refractivity contribution >= 4 is 0 Å². The van der Waals surface area contributed by atoms with Gasteiger partial charge in [0.2, 0.25) is 0 Å². The van der Waals surface area contributed by atoms with Crippen LogP contribution in [0.25, 0.3) is 0 Å². The molecule has 3 nitrogen and oxygen atoms in total. The Kier molecular flexibility index (Phi) is 5.72. The maximum Gasteiger partial charge on any atom is 0.160 e. The Balaban J connectivity index is 0.000000165. The summed E-state index contributed by atoms with van der Waals surface area (Å²) in [5.41, 5.74) is 0. The second kappa shape index (κ2) is 7.12. The molecule has 0 aromatic heterocycles. The van der Waals surface area contributed by atoms with Crippen molar-refractivity contribution in [2.45, 2.75) is 38.2 Å². The molecule has 0 heterocycles. The van der Waals surface area contributed by atoms with E-state index < -0.39 is 0 Å². The highest BCUT2D eigenvalue weighted by atomic mass is 16.5. The lowest BCUT2D eigenvalue weighted by Gasteiger charge is -2.14. The number of phenolic OH excluding ortho intramolecular Hbond substituents is 1. The third-order valence-corrected chi connectivity index (χ3v) is 2.66. The van der Waals surface area contributed by atoms with Gasteiger partial charge in [0.15, 0.2) is 11.5 Å². The van der Waals surface area contributed by atoms with Gasteiger partial charge in [-0.1, -0.05) is 31.4 Å². The van der Waals surface area contributed by atoms with Crippen LogP contribution < -0.4 is 4.74 Å². The standard InChI is InChI=1S/C7H8O2.C6H12O/c1-9-7-5-3-2-4-6(7)8;7-6-4-2-1-3-5-6/h2-5,8H,1H3;6-7H,1-5H2. The monoisotopic (exact) mass is 224 g/mol. The molecule has 0 saturated heterocycles. The van der Waals surface area contributed by atoms with Gasteiger partial charge >= 0.3 is 0 Å². The Bertz CT molecular complexity index is 293. The van der Waals surface area contributed by atoms with Crippen molar-refractivity contribution < 1.29 is 14.9 Å². The van der Waals surface area contributed by atoms with Gasteiger partial charge in [-0.2, -0.15) is 0 Å². The first-order chi connectivity index (χ1) is 7.74. The largest absolute Gasteiger partial charge is 0.504 e. The average molecular weight is 224 g/mol. The van der Waals surface area contributed by atoms with Gasteiger partial charge in [-0.15, -0.1) is 0 Å². The molecule has 90 valence electrons. The summed E-state index contributed by atoms with van der Waals surface area (Å²) in [6.45, 7) is 0. The fraction of sp³-hybridized carbons (Fsp3) is 0.538. The van der Waals surface area contributed by atoms with Crippen molar-refractivity contribution in [2.75, 3.05) is 7.11 Å². The Labute approximate surface area is 96.7 Å². The van der Waals surface area contributed by atoms with Crippen LogP contribution in [-0.4, -0.2) is 23.4 Å². The number of aromatic hydroxyl groups is 1. The summed E-state index contributed by atoms with van der Waals surface area (Å²) in [6.07, 6.45) is 5.92. The summed E-state index contributed by atoms with van der Waals surface area (Å²) in [5, 5.41) is 17.9. The van der Waals surface area contributed by atoms with E-state index in [1.165, 1.54) is 26.4 Å². The summed E-state index contributed by atoms with van der Waals surface area (Å²) in [7, 11) is 1.52. The van der Waals surface area contributed by atoms with Crippen LogP contribution in [0, 0.1) is 0 Å². The van der Waals surface area contributed by atoms with Crippen LogP contribution in [-0.2, 0) is 0 Å². The van der Waals surface area contributed by atoms with Crippen LogP contribution in [0.15, 0.2) is 24.3 Å². The van der Waals surface area contributed by atoms with Gasteiger partial charge in [0.25, 0.3) is 0 Å². The third-order valence-electron chi connectivity index (χ3n) is 2.66. The van der Waals surface area contributed by atoms with Crippen molar-refractivity contribution in [3.63, 3.8) is 0 Å². The minimum Gasteiger partial charge on any atom is -0.504 e.